The van der Waals surface area contributed by atoms with Crippen LogP contribution in [0.1, 0.15) is 5.56 Å². The first-order valence-electron chi connectivity index (χ1n) is 5.15. The molecule has 17 heavy (non-hydrogen) atoms. The van der Waals surface area contributed by atoms with Crippen molar-refractivity contribution in [3.63, 3.8) is 0 Å². The van der Waals surface area contributed by atoms with Gasteiger partial charge in [-0.2, -0.15) is 0 Å². The molecule has 0 heterocycles. The highest BCUT2D eigenvalue weighted by molar-refractivity contribution is 7.99. The molecule has 0 N–H and O–H groups in total. The minimum Gasteiger partial charge on any atom is -0.258 e. The second-order valence-corrected chi connectivity index (χ2v) is 4.76. The smallest absolute Gasteiger partial charge is 0.258 e. The van der Waals surface area contributed by atoms with Crippen LogP contribution >= 0.6 is 11.8 Å². The van der Waals surface area contributed by atoms with E-state index >= 15 is 0 Å². The molecule has 0 amide bonds. The molecular weight excluding hydrogens is 234 g/mol. The van der Waals surface area contributed by atoms with Crippen molar-refractivity contribution in [2.45, 2.75) is 16.7 Å². The van der Waals surface area contributed by atoms with Crippen LogP contribution in [-0.4, -0.2) is 4.92 Å². The summed E-state index contributed by atoms with van der Waals surface area (Å²) < 4.78 is 0. The lowest BCUT2D eigenvalue weighted by Crippen LogP contribution is -1.91. The molecule has 0 aromatic heterocycles. The first kappa shape index (κ1) is 11.7. The maximum atomic E-state index is 11.0. The quantitative estimate of drug-likeness (QED) is 0.605. The van der Waals surface area contributed by atoms with E-state index in [0.717, 1.165) is 10.5 Å². The van der Waals surface area contributed by atoms with E-state index < -0.39 is 0 Å². The predicted octanol–water partition coefficient (Wildman–Crippen LogP) is 4.05. The van der Waals surface area contributed by atoms with Gasteiger partial charge >= 0.3 is 0 Å². The van der Waals surface area contributed by atoms with Crippen molar-refractivity contribution in [3.8, 4) is 0 Å². The summed E-state index contributed by atoms with van der Waals surface area (Å²) in [5.41, 5.74) is 1.06. The number of nitro groups is 1. The average Bonchev–Trinajstić information content (AvgIpc) is 2.32. The van der Waals surface area contributed by atoms with Crippen molar-refractivity contribution in [1.82, 2.24) is 0 Å². The topological polar surface area (TPSA) is 43.1 Å². The van der Waals surface area contributed by atoms with Crippen LogP contribution < -0.4 is 0 Å². The van der Waals surface area contributed by atoms with E-state index in [9.17, 15) is 10.1 Å². The van der Waals surface area contributed by atoms with Crippen molar-refractivity contribution in [2.75, 3.05) is 0 Å². The third kappa shape index (κ3) is 2.85. The molecule has 0 spiro atoms. The van der Waals surface area contributed by atoms with E-state index in [2.05, 4.69) is 0 Å². The van der Waals surface area contributed by atoms with Crippen molar-refractivity contribution >= 4 is 17.4 Å². The molecule has 0 unspecified atom stereocenters. The second-order valence-electron chi connectivity index (χ2n) is 3.64. The van der Waals surface area contributed by atoms with Crippen molar-refractivity contribution in [2.24, 2.45) is 0 Å². The fourth-order valence-corrected chi connectivity index (χ4v) is 2.39. The molecule has 0 aliphatic carbocycles. The Morgan fingerprint density at radius 3 is 2.47 bits per heavy atom. The van der Waals surface area contributed by atoms with Crippen LogP contribution in [-0.2, 0) is 0 Å². The van der Waals surface area contributed by atoms with Crippen molar-refractivity contribution < 1.29 is 4.92 Å². The van der Waals surface area contributed by atoms with Gasteiger partial charge in [-0.15, -0.1) is 0 Å². The Kier molecular flexibility index (Phi) is 3.44. The number of nitro benzene ring substituents is 1. The van der Waals surface area contributed by atoms with E-state index in [4.69, 9.17) is 0 Å². The molecular formula is C13H11NO2S. The van der Waals surface area contributed by atoms with E-state index in [1.807, 2.05) is 43.3 Å². The summed E-state index contributed by atoms with van der Waals surface area (Å²) in [4.78, 5) is 12.3. The van der Waals surface area contributed by atoms with Gasteiger partial charge in [0.25, 0.3) is 5.69 Å². The summed E-state index contributed by atoms with van der Waals surface area (Å²) in [6, 6.07) is 14.9. The fraction of sp³-hybridized carbons (Fsp3) is 0.0769. The number of hydrogen-bond acceptors (Lipinski definition) is 3. The fourth-order valence-electron chi connectivity index (χ4n) is 1.47. The molecule has 0 bridgehead atoms. The largest absolute Gasteiger partial charge is 0.283 e. The zero-order valence-electron chi connectivity index (χ0n) is 9.29. The van der Waals surface area contributed by atoms with Crippen molar-refractivity contribution in [3.05, 3.63) is 64.2 Å². The summed E-state index contributed by atoms with van der Waals surface area (Å²) in [6.07, 6.45) is 0. The summed E-state index contributed by atoms with van der Waals surface area (Å²) in [6.45, 7) is 1.85. The predicted molar refractivity (Wildman–Crippen MR) is 68.4 cm³/mol. The molecule has 2 aromatic rings. The molecule has 0 saturated heterocycles. The van der Waals surface area contributed by atoms with Crippen LogP contribution in [0.4, 0.5) is 5.69 Å². The van der Waals surface area contributed by atoms with Gasteiger partial charge in [-0.3, -0.25) is 10.1 Å². The number of benzene rings is 2. The molecule has 86 valence electrons. The van der Waals surface area contributed by atoms with E-state index in [-0.39, 0.29) is 10.6 Å². The minimum atomic E-state index is -0.335. The van der Waals surface area contributed by atoms with E-state index in [0.29, 0.717) is 4.90 Å². The average molecular weight is 245 g/mol. The van der Waals surface area contributed by atoms with Crippen LogP contribution in [0.2, 0.25) is 0 Å². The van der Waals surface area contributed by atoms with Gasteiger partial charge in [0.1, 0.15) is 0 Å². The summed E-state index contributed by atoms with van der Waals surface area (Å²) in [5, 5.41) is 11.0. The Labute approximate surface area is 104 Å². The molecule has 3 nitrogen and oxygen atoms in total. The molecule has 0 saturated carbocycles. The Hall–Kier alpha value is -1.81. The third-order valence-electron chi connectivity index (χ3n) is 2.28. The standard InChI is InChI=1S/C13H11NO2S/c1-10-7-8-13(12(9-10)14(15)16)17-11-5-3-2-4-6-11/h2-9H,1H3. The van der Waals surface area contributed by atoms with Gasteiger partial charge in [0.2, 0.25) is 0 Å². The Bertz CT molecular complexity index is 540. The first-order chi connectivity index (χ1) is 8.16. The summed E-state index contributed by atoms with van der Waals surface area (Å²) in [5.74, 6) is 0. The van der Waals surface area contributed by atoms with Crippen LogP contribution in [0.25, 0.3) is 0 Å². The van der Waals surface area contributed by atoms with Gasteiger partial charge in [0.05, 0.1) is 9.82 Å². The molecule has 0 aliphatic rings. The lowest BCUT2D eigenvalue weighted by Gasteiger charge is -2.03. The van der Waals surface area contributed by atoms with Crippen LogP contribution in [0.5, 0.6) is 0 Å². The maximum absolute atomic E-state index is 11.0. The minimum absolute atomic E-state index is 0.166. The van der Waals surface area contributed by atoms with Gasteiger partial charge in [-0.05, 0) is 30.7 Å². The highest BCUT2D eigenvalue weighted by Crippen LogP contribution is 2.34. The SMILES string of the molecule is Cc1ccc(Sc2ccccc2)c([N+](=O)[O-])c1. The molecule has 0 atom stereocenters. The Morgan fingerprint density at radius 2 is 1.82 bits per heavy atom. The number of aryl methyl sites for hydroxylation is 1. The normalized spacial score (nSPS) is 10.2. The van der Waals surface area contributed by atoms with Gasteiger partial charge < -0.3 is 0 Å². The van der Waals surface area contributed by atoms with E-state index in [1.54, 1.807) is 12.1 Å². The number of hydrogen-bond donors (Lipinski definition) is 0. The van der Waals surface area contributed by atoms with Gasteiger partial charge in [-0.1, -0.05) is 36.0 Å². The molecule has 2 rings (SSSR count). The maximum Gasteiger partial charge on any atom is 0.283 e. The first-order valence-corrected chi connectivity index (χ1v) is 5.96. The lowest BCUT2D eigenvalue weighted by molar-refractivity contribution is -0.387. The van der Waals surface area contributed by atoms with Crippen LogP contribution in [0.3, 0.4) is 0 Å². The molecule has 0 radical (unpaired) electrons. The Morgan fingerprint density at radius 1 is 1.12 bits per heavy atom. The number of rotatable bonds is 3. The summed E-state index contributed by atoms with van der Waals surface area (Å²) in [7, 11) is 0. The van der Waals surface area contributed by atoms with Crippen LogP contribution in [0, 0.1) is 17.0 Å². The van der Waals surface area contributed by atoms with Crippen LogP contribution in [0.15, 0.2) is 58.3 Å². The summed E-state index contributed by atoms with van der Waals surface area (Å²) >= 11 is 1.41. The monoisotopic (exact) mass is 245 g/mol. The van der Waals surface area contributed by atoms with Gasteiger partial charge in [0.15, 0.2) is 0 Å². The van der Waals surface area contributed by atoms with E-state index in [1.165, 1.54) is 11.8 Å². The molecule has 4 heteroatoms. The molecule has 0 fully saturated rings. The molecule has 0 aliphatic heterocycles. The second kappa shape index (κ2) is 5.01. The zero-order chi connectivity index (χ0) is 12.3. The Balaban J connectivity index is 2.36. The van der Waals surface area contributed by atoms with Gasteiger partial charge in [-0.25, -0.2) is 0 Å². The highest BCUT2D eigenvalue weighted by Gasteiger charge is 2.14. The zero-order valence-corrected chi connectivity index (χ0v) is 10.1. The number of nitrogens with zero attached hydrogens (tertiary/aromatic N) is 1. The third-order valence-corrected chi connectivity index (χ3v) is 3.36. The lowest BCUT2D eigenvalue weighted by atomic mass is 10.2. The molecule has 2 aromatic carbocycles. The van der Waals surface area contributed by atoms with Crippen molar-refractivity contribution in [1.29, 1.82) is 0 Å². The van der Waals surface area contributed by atoms with Gasteiger partial charge in [0, 0.05) is 11.0 Å². The highest BCUT2D eigenvalue weighted by atomic mass is 32.2.